The fourth-order valence-electron chi connectivity index (χ4n) is 4.48. The van der Waals surface area contributed by atoms with Crippen LogP contribution >= 0.6 is 0 Å². The molecule has 28 heavy (non-hydrogen) atoms. The second-order valence-corrected chi connectivity index (χ2v) is 7.60. The molecule has 0 N–H and O–H groups in total. The van der Waals surface area contributed by atoms with E-state index in [1.165, 1.54) is 0 Å². The minimum absolute atomic E-state index is 0.0300. The molecule has 2 aromatic carbocycles. The maximum absolute atomic E-state index is 13.4. The van der Waals surface area contributed by atoms with Gasteiger partial charge in [-0.15, -0.1) is 0 Å². The number of carbonyl (C=O) groups excluding carboxylic acids is 2. The number of para-hydroxylation sites is 1. The van der Waals surface area contributed by atoms with E-state index in [1.807, 2.05) is 65.6 Å². The predicted molar refractivity (Wildman–Crippen MR) is 107 cm³/mol. The van der Waals surface area contributed by atoms with Gasteiger partial charge in [0.05, 0.1) is 0 Å². The Hall–Kier alpha value is -2.82. The van der Waals surface area contributed by atoms with Gasteiger partial charge in [-0.25, -0.2) is 0 Å². The minimum Gasteiger partial charge on any atom is -0.484 e. The summed E-state index contributed by atoms with van der Waals surface area (Å²) in [6, 6.07) is 19.4. The first-order valence-corrected chi connectivity index (χ1v) is 10.0. The van der Waals surface area contributed by atoms with Crippen molar-refractivity contribution in [2.24, 2.45) is 0 Å². The van der Waals surface area contributed by atoms with E-state index in [2.05, 4.69) is 0 Å². The van der Waals surface area contributed by atoms with Crippen LogP contribution in [0, 0.1) is 0 Å². The Bertz CT molecular complexity index is 824. The van der Waals surface area contributed by atoms with Crippen LogP contribution in [-0.4, -0.2) is 46.8 Å². The van der Waals surface area contributed by atoms with Gasteiger partial charge in [-0.3, -0.25) is 9.59 Å². The van der Waals surface area contributed by atoms with Crippen molar-refractivity contribution in [2.75, 3.05) is 19.7 Å². The van der Waals surface area contributed by atoms with Crippen molar-refractivity contribution in [1.29, 1.82) is 0 Å². The lowest BCUT2D eigenvalue weighted by atomic mass is 9.85. The molecule has 1 atom stereocenters. The van der Waals surface area contributed by atoms with Crippen LogP contribution < -0.4 is 4.74 Å². The van der Waals surface area contributed by atoms with Crippen LogP contribution in [0.1, 0.15) is 31.2 Å². The van der Waals surface area contributed by atoms with E-state index in [1.54, 1.807) is 4.90 Å². The topological polar surface area (TPSA) is 49.9 Å². The van der Waals surface area contributed by atoms with Crippen molar-refractivity contribution in [3.63, 3.8) is 0 Å². The summed E-state index contributed by atoms with van der Waals surface area (Å²) in [7, 11) is 0. The van der Waals surface area contributed by atoms with E-state index < -0.39 is 5.54 Å². The molecule has 0 saturated carbocycles. The first kappa shape index (κ1) is 18.5. The van der Waals surface area contributed by atoms with Crippen LogP contribution in [0.25, 0.3) is 0 Å². The summed E-state index contributed by atoms with van der Waals surface area (Å²) < 4.78 is 5.66. The molecule has 5 nitrogen and oxygen atoms in total. The predicted octanol–water partition coefficient (Wildman–Crippen LogP) is 3.25. The van der Waals surface area contributed by atoms with Gasteiger partial charge in [0.2, 0.25) is 5.91 Å². The van der Waals surface area contributed by atoms with Crippen molar-refractivity contribution in [3.05, 3.63) is 66.2 Å². The molecule has 2 aliphatic rings. The zero-order valence-electron chi connectivity index (χ0n) is 16.0. The Morgan fingerprint density at radius 2 is 1.57 bits per heavy atom. The molecule has 5 heteroatoms. The Kier molecular flexibility index (Phi) is 5.33. The van der Waals surface area contributed by atoms with Gasteiger partial charge in [0.1, 0.15) is 11.3 Å². The second kappa shape index (κ2) is 8.05. The molecule has 2 saturated heterocycles. The third-order valence-electron chi connectivity index (χ3n) is 5.82. The number of piperidine rings is 1. The van der Waals surface area contributed by atoms with Crippen molar-refractivity contribution in [3.8, 4) is 5.75 Å². The van der Waals surface area contributed by atoms with Gasteiger partial charge in [-0.1, -0.05) is 48.5 Å². The zero-order chi connectivity index (χ0) is 19.4. The largest absolute Gasteiger partial charge is 0.484 e. The number of likely N-dealkylation sites (tertiary alicyclic amines) is 2. The van der Waals surface area contributed by atoms with E-state index in [9.17, 15) is 9.59 Å². The summed E-state index contributed by atoms with van der Waals surface area (Å²) in [4.78, 5) is 30.1. The van der Waals surface area contributed by atoms with Crippen LogP contribution in [0.3, 0.4) is 0 Å². The highest BCUT2D eigenvalue weighted by Crippen LogP contribution is 2.38. The van der Waals surface area contributed by atoms with Gasteiger partial charge in [0.25, 0.3) is 5.91 Å². The van der Waals surface area contributed by atoms with Gasteiger partial charge in [-0.05, 0) is 43.4 Å². The number of benzene rings is 2. The molecule has 0 aliphatic carbocycles. The summed E-state index contributed by atoms with van der Waals surface area (Å²) in [6.07, 6.45) is 3.27. The first-order chi connectivity index (χ1) is 13.7. The minimum atomic E-state index is -0.690. The van der Waals surface area contributed by atoms with E-state index in [4.69, 9.17) is 4.74 Å². The summed E-state index contributed by atoms with van der Waals surface area (Å²) >= 11 is 0. The number of amides is 2. The Labute approximate surface area is 165 Å². The number of hydrogen-bond acceptors (Lipinski definition) is 3. The molecule has 2 aromatic rings. The number of rotatable bonds is 5. The van der Waals surface area contributed by atoms with Crippen molar-refractivity contribution >= 4 is 11.8 Å². The molecule has 2 heterocycles. The molecule has 0 bridgehead atoms. The summed E-state index contributed by atoms with van der Waals surface area (Å²) in [5, 5.41) is 0. The Morgan fingerprint density at radius 1 is 0.929 bits per heavy atom. The molecule has 1 unspecified atom stereocenters. The monoisotopic (exact) mass is 378 g/mol. The average molecular weight is 378 g/mol. The Balaban J connectivity index is 1.47. The third kappa shape index (κ3) is 3.61. The molecule has 2 aliphatic heterocycles. The van der Waals surface area contributed by atoms with Crippen molar-refractivity contribution in [2.45, 2.75) is 37.8 Å². The first-order valence-electron chi connectivity index (χ1n) is 10.0. The lowest BCUT2D eigenvalue weighted by Gasteiger charge is -2.44. The molecular weight excluding hydrogens is 352 g/mol. The number of ether oxygens (including phenoxy) is 1. The SMILES string of the molecule is O=C(COc1ccccc1)N1CCCC12CCCN(Cc1ccccc1)C2=O. The van der Waals surface area contributed by atoms with Crippen LogP contribution in [0.4, 0.5) is 0 Å². The number of nitrogens with zero attached hydrogens (tertiary/aromatic N) is 2. The molecule has 4 rings (SSSR count). The molecule has 1 spiro atoms. The van der Waals surface area contributed by atoms with Crippen LogP contribution in [0.2, 0.25) is 0 Å². The molecule has 0 aromatic heterocycles. The highest BCUT2D eigenvalue weighted by molar-refractivity contribution is 5.93. The molecule has 146 valence electrons. The van der Waals surface area contributed by atoms with E-state index >= 15 is 0 Å². The maximum Gasteiger partial charge on any atom is 0.261 e. The number of carbonyl (C=O) groups is 2. The van der Waals surface area contributed by atoms with E-state index in [0.29, 0.717) is 18.8 Å². The average Bonchev–Trinajstić information content (AvgIpc) is 3.16. The lowest BCUT2D eigenvalue weighted by Crippen LogP contribution is -2.61. The fourth-order valence-corrected chi connectivity index (χ4v) is 4.48. The fraction of sp³-hybridized carbons (Fsp3) is 0.391. The van der Waals surface area contributed by atoms with E-state index in [-0.39, 0.29) is 18.4 Å². The number of hydrogen-bond donors (Lipinski definition) is 0. The molecule has 0 radical (unpaired) electrons. The van der Waals surface area contributed by atoms with Gasteiger partial charge < -0.3 is 14.5 Å². The van der Waals surface area contributed by atoms with Gasteiger partial charge in [-0.2, -0.15) is 0 Å². The molecule has 2 amide bonds. The quantitative estimate of drug-likeness (QED) is 0.803. The van der Waals surface area contributed by atoms with Crippen LogP contribution in [0.5, 0.6) is 5.75 Å². The van der Waals surface area contributed by atoms with Crippen LogP contribution in [-0.2, 0) is 16.1 Å². The zero-order valence-corrected chi connectivity index (χ0v) is 16.0. The highest BCUT2D eigenvalue weighted by Gasteiger charge is 2.52. The summed E-state index contributed by atoms with van der Waals surface area (Å²) in [6.45, 7) is 1.95. The smallest absolute Gasteiger partial charge is 0.261 e. The summed E-state index contributed by atoms with van der Waals surface area (Å²) in [5.41, 5.74) is 0.431. The third-order valence-corrected chi connectivity index (χ3v) is 5.82. The van der Waals surface area contributed by atoms with Gasteiger partial charge >= 0.3 is 0 Å². The molecular formula is C23H26N2O3. The van der Waals surface area contributed by atoms with Crippen LogP contribution in [0.15, 0.2) is 60.7 Å². The lowest BCUT2D eigenvalue weighted by molar-refractivity contribution is -0.156. The highest BCUT2D eigenvalue weighted by atomic mass is 16.5. The van der Waals surface area contributed by atoms with E-state index in [0.717, 1.165) is 37.8 Å². The summed E-state index contributed by atoms with van der Waals surface area (Å²) in [5.74, 6) is 0.661. The Morgan fingerprint density at radius 3 is 2.29 bits per heavy atom. The van der Waals surface area contributed by atoms with Crippen molar-refractivity contribution < 1.29 is 14.3 Å². The second-order valence-electron chi connectivity index (χ2n) is 7.60. The normalized spacial score (nSPS) is 21.9. The molecule has 2 fully saturated rings. The maximum atomic E-state index is 13.4. The van der Waals surface area contributed by atoms with Gasteiger partial charge in [0, 0.05) is 19.6 Å². The van der Waals surface area contributed by atoms with Gasteiger partial charge in [0.15, 0.2) is 6.61 Å². The van der Waals surface area contributed by atoms with Crippen molar-refractivity contribution in [1.82, 2.24) is 9.80 Å². The standard InChI is InChI=1S/C23H26N2O3/c26-21(18-28-20-11-5-2-6-12-20)25-16-8-14-23(25)13-7-15-24(22(23)27)17-19-9-3-1-4-10-19/h1-6,9-12H,7-8,13-18H2.